The van der Waals surface area contributed by atoms with Gasteiger partial charge in [-0.05, 0) is 61.0 Å². The molecule has 3 rings (SSSR count). The minimum Gasteiger partial charge on any atom is -0.465 e. The molecule has 0 bridgehead atoms. The van der Waals surface area contributed by atoms with E-state index in [1.807, 2.05) is 0 Å². The molecule has 1 fully saturated rings. The Morgan fingerprint density at radius 1 is 1.17 bits per heavy atom. The number of hydrogen-bond acceptors (Lipinski definition) is 3. The molecule has 0 amide bonds. The van der Waals surface area contributed by atoms with Crippen molar-refractivity contribution in [3.63, 3.8) is 0 Å². The van der Waals surface area contributed by atoms with E-state index in [1.54, 1.807) is 12.1 Å². The van der Waals surface area contributed by atoms with Crippen molar-refractivity contribution in [2.24, 2.45) is 0 Å². The summed E-state index contributed by atoms with van der Waals surface area (Å²) in [5, 5.41) is 6.68. The van der Waals surface area contributed by atoms with Crippen molar-refractivity contribution in [3.8, 4) is 0 Å². The van der Waals surface area contributed by atoms with E-state index >= 15 is 0 Å². The summed E-state index contributed by atoms with van der Waals surface area (Å²) < 4.78 is 44.3. The molecule has 0 radical (unpaired) electrons. The standard InChI is InChI=1S/C21H20ClF3N2O2S/c1-29-18(28)16-12-15(7-8-17(16)22)26-19(30)27-20(9-2-3-10-20)13-5-4-6-14(11-13)21(23,24)25/h4-8,11-12H,2-3,9-10H2,1H3,(H2,26,27,30). The first-order valence-corrected chi connectivity index (χ1v) is 10.1. The Hall–Kier alpha value is -2.32. The van der Waals surface area contributed by atoms with Gasteiger partial charge >= 0.3 is 12.1 Å². The third-order valence-electron chi connectivity index (χ3n) is 5.18. The van der Waals surface area contributed by atoms with Crippen molar-refractivity contribution in [3.05, 3.63) is 64.2 Å². The first-order valence-electron chi connectivity index (χ1n) is 9.29. The number of hydrogen-bond donors (Lipinski definition) is 2. The summed E-state index contributed by atoms with van der Waals surface area (Å²) in [6.07, 6.45) is -1.35. The van der Waals surface area contributed by atoms with Crippen molar-refractivity contribution in [2.45, 2.75) is 37.4 Å². The highest BCUT2D eigenvalue weighted by molar-refractivity contribution is 7.80. The normalized spacial score (nSPS) is 15.5. The van der Waals surface area contributed by atoms with Crippen LogP contribution in [-0.4, -0.2) is 18.2 Å². The van der Waals surface area contributed by atoms with Gasteiger partial charge in [-0.1, -0.05) is 36.6 Å². The Morgan fingerprint density at radius 3 is 2.50 bits per heavy atom. The topological polar surface area (TPSA) is 50.4 Å². The first kappa shape index (κ1) is 22.4. The zero-order valence-corrected chi connectivity index (χ0v) is 17.7. The molecular weight excluding hydrogens is 437 g/mol. The molecule has 9 heteroatoms. The second kappa shape index (κ2) is 8.81. The molecule has 0 unspecified atom stereocenters. The van der Waals surface area contributed by atoms with Gasteiger partial charge in [0.2, 0.25) is 0 Å². The van der Waals surface area contributed by atoms with Gasteiger partial charge in [-0.15, -0.1) is 0 Å². The first-order chi connectivity index (χ1) is 14.1. The summed E-state index contributed by atoms with van der Waals surface area (Å²) in [4.78, 5) is 11.8. The van der Waals surface area contributed by atoms with Crippen LogP contribution in [0.25, 0.3) is 0 Å². The van der Waals surface area contributed by atoms with Crippen molar-refractivity contribution in [1.82, 2.24) is 5.32 Å². The number of halogens is 4. The zero-order valence-electron chi connectivity index (χ0n) is 16.1. The van der Waals surface area contributed by atoms with Crippen LogP contribution in [0.5, 0.6) is 0 Å². The third kappa shape index (κ3) is 4.87. The Balaban J connectivity index is 1.83. The van der Waals surface area contributed by atoms with Crippen LogP contribution in [0.4, 0.5) is 18.9 Å². The minimum absolute atomic E-state index is 0.181. The van der Waals surface area contributed by atoms with E-state index in [0.717, 1.165) is 18.9 Å². The lowest BCUT2D eigenvalue weighted by Gasteiger charge is -2.33. The maximum absolute atomic E-state index is 13.2. The van der Waals surface area contributed by atoms with E-state index in [0.29, 0.717) is 24.1 Å². The van der Waals surface area contributed by atoms with Crippen molar-refractivity contribution in [2.75, 3.05) is 12.4 Å². The molecule has 0 aliphatic heterocycles. The number of carbonyl (C=O) groups excluding carboxylic acids is 1. The molecule has 30 heavy (non-hydrogen) atoms. The molecule has 0 saturated heterocycles. The summed E-state index contributed by atoms with van der Waals surface area (Å²) in [6, 6.07) is 10.0. The maximum Gasteiger partial charge on any atom is 0.416 e. The molecule has 0 spiro atoms. The Bertz CT molecular complexity index is 960. The van der Waals surface area contributed by atoms with Crippen molar-refractivity contribution < 1.29 is 22.7 Å². The summed E-state index contributed by atoms with van der Waals surface area (Å²) in [6.45, 7) is 0. The van der Waals surface area contributed by atoms with Gasteiger partial charge in [-0.3, -0.25) is 0 Å². The zero-order chi connectivity index (χ0) is 21.9. The van der Waals surface area contributed by atoms with Crippen molar-refractivity contribution >= 4 is 40.6 Å². The molecule has 1 saturated carbocycles. The molecule has 0 atom stereocenters. The molecule has 1 aliphatic rings. The predicted molar refractivity (Wildman–Crippen MR) is 114 cm³/mol. The molecular formula is C21H20ClF3N2O2S. The highest BCUT2D eigenvalue weighted by atomic mass is 35.5. The molecule has 0 aromatic heterocycles. The minimum atomic E-state index is -4.41. The molecule has 2 aromatic carbocycles. The lowest BCUT2D eigenvalue weighted by atomic mass is 9.87. The molecule has 2 aromatic rings. The quantitative estimate of drug-likeness (QED) is 0.443. The number of methoxy groups -OCH3 is 1. The second-order valence-electron chi connectivity index (χ2n) is 7.13. The van der Waals surface area contributed by atoms with Crippen LogP contribution in [0, 0.1) is 0 Å². The van der Waals surface area contributed by atoms with Crippen LogP contribution in [0.3, 0.4) is 0 Å². The highest BCUT2D eigenvalue weighted by Crippen LogP contribution is 2.41. The fourth-order valence-electron chi connectivity index (χ4n) is 3.71. The smallest absolute Gasteiger partial charge is 0.416 e. The van der Waals surface area contributed by atoms with Crippen LogP contribution in [0.1, 0.15) is 47.2 Å². The lowest BCUT2D eigenvalue weighted by molar-refractivity contribution is -0.137. The highest BCUT2D eigenvalue weighted by Gasteiger charge is 2.38. The molecule has 160 valence electrons. The number of alkyl halides is 3. The third-order valence-corrected chi connectivity index (χ3v) is 5.72. The molecule has 1 aliphatic carbocycles. The number of ether oxygens (including phenoxy) is 1. The van der Waals surface area contributed by atoms with Gasteiger partial charge in [0.1, 0.15) is 0 Å². The van der Waals surface area contributed by atoms with Gasteiger partial charge in [0, 0.05) is 5.69 Å². The molecule has 4 nitrogen and oxygen atoms in total. The van der Waals surface area contributed by atoms with Gasteiger partial charge in [0.05, 0.1) is 28.8 Å². The summed E-state index contributed by atoms with van der Waals surface area (Å²) in [5.41, 5.74) is -0.143. The number of nitrogens with one attached hydrogen (secondary N) is 2. The molecule has 2 N–H and O–H groups in total. The Morgan fingerprint density at radius 2 is 1.87 bits per heavy atom. The summed E-state index contributed by atoms with van der Waals surface area (Å²) in [5.74, 6) is -0.584. The Labute approximate surface area is 182 Å². The van der Waals surface area contributed by atoms with E-state index < -0.39 is 23.2 Å². The van der Waals surface area contributed by atoms with Crippen LogP contribution in [-0.2, 0) is 16.5 Å². The average molecular weight is 457 g/mol. The summed E-state index contributed by atoms with van der Waals surface area (Å²) in [7, 11) is 1.25. The number of thiocarbonyl (C=S) groups is 1. The number of rotatable bonds is 4. The van der Waals surface area contributed by atoms with Crippen molar-refractivity contribution in [1.29, 1.82) is 0 Å². The van der Waals surface area contributed by atoms with E-state index in [2.05, 4.69) is 10.6 Å². The van der Waals surface area contributed by atoms with Gasteiger partial charge in [0.15, 0.2) is 5.11 Å². The predicted octanol–water partition coefficient (Wildman–Crippen LogP) is 5.90. The monoisotopic (exact) mass is 456 g/mol. The lowest BCUT2D eigenvalue weighted by Crippen LogP contribution is -2.45. The van der Waals surface area contributed by atoms with Gasteiger partial charge in [0.25, 0.3) is 0 Å². The van der Waals surface area contributed by atoms with Crippen LogP contribution in [0.15, 0.2) is 42.5 Å². The number of esters is 1. The van der Waals surface area contributed by atoms with Gasteiger partial charge in [-0.25, -0.2) is 4.79 Å². The van der Waals surface area contributed by atoms with E-state index in [4.69, 9.17) is 28.6 Å². The van der Waals surface area contributed by atoms with Crippen LogP contribution in [0.2, 0.25) is 5.02 Å². The number of anilines is 1. The number of benzene rings is 2. The van der Waals surface area contributed by atoms with E-state index in [-0.39, 0.29) is 15.7 Å². The average Bonchev–Trinajstić information content (AvgIpc) is 3.18. The van der Waals surface area contributed by atoms with E-state index in [9.17, 15) is 18.0 Å². The Kier molecular flexibility index (Phi) is 6.57. The van der Waals surface area contributed by atoms with E-state index in [1.165, 1.54) is 31.4 Å². The van der Waals surface area contributed by atoms with Crippen LogP contribution < -0.4 is 10.6 Å². The van der Waals surface area contributed by atoms with Gasteiger partial charge in [-0.2, -0.15) is 13.2 Å². The maximum atomic E-state index is 13.2. The number of carbonyl (C=O) groups is 1. The largest absolute Gasteiger partial charge is 0.465 e. The van der Waals surface area contributed by atoms with Gasteiger partial charge < -0.3 is 15.4 Å². The summed E-state index contributed by atoms with van der Waals surface area (Å²) >= 11 is 11.5. The fourth-order valence-corrected chi connectivity index (χ4v) is 4.21. The molecule has 0 heterocycles. The second-order valence-corrected chi connectivity index (χ2v) is 7.95. The van der Waals surface area contributed by atoms with Crippen LogP contribution >= 0.6 is 23.8 Å². The fraction of sp³-hybridized carbons (Fsp3) is 0.333. The SMILES string of the molecule is COC(=O)c1cc(NC(=S)NC2(c3cccc(C(F)(F)F)c3)CCCC2)ccc1Cl.